The number of aromatic hydroxyl groups is 1. The van der Waals surface area contributed by atoms with Crippen LogP contribution in [0.3, 0.4) is 0 Å². The predicted molar refractivity (Wildman–Crippen MR) is 111 cm³/mol. The SMILES string of the molecule is CCNC(=NCCNC(=O)c1ccccc1O)N(C)Cc1ccc(OC)cc1. The van der Waals surface area contributed by atoms with Crippen LogP contribution in [0.4, 0.5) is 0 Å². The largest absolute Gasteiger partial charge is 0.507 e. The Bertz CT molecular complexity index is 790. The Labute approximate surface area is 166 Å². The maximum absolute atomic E-state index is 12.1. The maximum atomic E-state index is 12.1. The van der Waals surface area contributed by atoms with Crippen LogP contribution in [0.15, 0.2) is 53.5 Å². The van der Waals surface area contributed by atoms with Gasteiger partial charge in [0.25, 0.3) is 5.91 Å². The summed E-state index contributed by atoms with van der Waals surface area (Å²) in [5, 5.41) is 15.8. The van der Waals surface area contributed by atoms with E-state index in [0.29, 0.717) is 19.6 Å². The number of carbonyl (C=O) groups is 1. The van der Waals surface area contributed by atoms with Crippen molar-refractivity contribution in [1.82, 2.24) is 15.5 Å². The average molecular weight is 384 g/mol. The molecule has 0 aliphatic heterocycles. The smallest absolute Gasteiger partial charge is 0.255 e. The number of guanidine groups is 1. The van der Waals surface area contributed by atoms with Gasteiger partial charge in [0.1, 0.15) is 11.5 Å². The normalized spacial score (nSPS) is 11.0. The Kier molecular flexibility index (Phi) is 8.14. The summed E-state index contributed by atoms with van der Waals surface area (Å²) < 4.78 is 5.18. The second kappa shape index (κ2) is 10.8. The fraction of sp³-hybridized carbons (Fsp3) is 0.333. The third kappa shape index (κ3) is 6.19. The molecule has 0 spiro atoms. The number of ether oxygens (including phenoxy) is 1. The van der Waals surface area contributed by atoms with E-state index in [0.717, 1.165) is 23.8 Å². The van der Waals surface area contributed by atoms with E-state index < -0.39 is 0 Å². The Morgan fingerprint density at radius 3 is 2.50 bits per heavy atom. The lowest BCUT2D eigenvalue weighted by atomic mass is 10.2. The van der Waals surface area contributed by atoms with E-state index in [-0.39, 0.29) is 17.2 Å². The van der Waals surface area contributed by atoms with Crippen molar-refractivity contribution >= 4 is 11.9 Å². The van der Waals surface area contributed by atoms with Gasteiger partial charge in [0.05, 0.1) is 19.2 Å². The molecule has 0 bridgehead atoms. The van der Waals surface area contributed by atoms with Gasteiger partial charge >= 0.3 is 0 Å². The van der Waals surface area contributed by atoms with Crippen LogP contribution >= 0.6 is 0 Å². The van der Waals surface area contributed by atoms with Crippen molar-refractivity contribution in [3.63, 3.8) is 0 Å². The third-order valence-electron chi connectivity index (χ3n) is 4.08. The molecule has 0 atom stereocenters. The first-order chi connectivity index (χ1) is 13.5. The van der Waals surface area contributed by atoms with Gasteiger partial charge in [0, 0.05) is 26.7 Å². The number of phenolic OH excluding ortho intramolecular Hbond substituents is 1. The molecule has 2 aromatic carbocycles. The summed E-state index contributed by atoms with van der Waals surface area (Å²) in [6, 6.07) is 14.4. The average Bonchev–Trinajstić information content (AvgIpc) is 2.71. The van der Waals surface area contributed by atoms with Crippen molar-refractivity contribution in [3.05, 3.63) is 59.7 Å². The van der Waals surface area contributed by atoms with Gasteiger partial charge in [-0.05, 0) is 36.8 Å². The number of nitrogens with zero attached hydrogens (tertiary/aromatic N) is 2. The van der Waals surface area contributed by atoms with Crippen LogP contribution in [0.25, 0.3) is 0 Å². The van der Waals surface area contributed by atoms with Crippen LogP contribution in [0.2, 0.25) is 0 Å². The zero-order valence-corrected chi connectivity index (χ0v) is 16.6. The summed E-state index contributed by atoms with van der Waals surface area (Å²) >= 11 is 0. The van der Waals surface area contributed by atoms with Crippen molar-refractivity contribution in [3.8, 4) is 11.5 Å². The molecule has 0 saturated carbocycles. The van der Waals surface area contributed by atoms with E-state index in [9.17, 15) is 9.90 Å². The molecule has 7 heteroatoms. The molecule has 28 heavy (non-hydrogen) atoms. The molecular formula is C21H28N4O3. The highest BCUT2D eigenvalue weighted by Gasteiger charge is 2.10. The Hall–Kier alpha value is -3.22. The van der Waals surface area contributed by atoms with E-state index in [1.54, 1.807) is 25.3 Å². The van der Waals surface area contributed by atoms with Gasteiger partial charge in [-0.15, -0.1) is 0 Å². The lowest BCUT2D eigenvalue weighted by molar-refractivity contribution is 0.0952. The van der Waals surface area contributed by atoms with E-state index in [1.165, 1.54) is 6.07 Å². The first-order valence-corrected chi connectivity index (χ1v) is 9.23. The van der Waals surface area contributed by atoms with Crippen molar-refractivity contribution in [2.24, 2.45) is 4.99 Å². The molecule has 2 aromatic rings. The molecule has 2 rings (SSSR count). The quantitative estimate of drug-likeness (QED) is 0.369. The number of phenols is 1. The lowest BCUT2D eigenvalue weighted by Crippen LogP contribution is -2.39. The Balaban J connectivity index is 1.89. The zero-order valence-electron chi connectivity index (χ0n) is 16.6. The number of hydrogen-bond donors (Lipinski definition) is 3. The number of methoxy groups -OCH3 is 1. The molecule has 7 nitrogen and oxygen atoms in total. The number of carbonyl (C=O) groups excluding carboxylic acids is 1. The number of amides is 1. The molecule has 0 radical (unpaired) electrons. The second-order valence-corrected chi connectivity index (χ2v) is 6.21. The second-order valence-electron chi connectivity index (χ2n) is 6.21. The van der Waals surface area contributed by atoms with Gasteiger partial charge in [-0.3, -0.25) is 9.79 Å². The van der Waals surface area contributed by atoms with Crippen molar-refractivity contribution < 1.29 is 14.6 Å². The first kappa shape index (κ1) is 21.1. The topological polar surface area (TPSA) is 86.2 Å². The summed E-state index contributed by atoms with van der Waals surface area (Å²) in [4.78, 5) is 18.7. The molecule has 0 fully saturated rings. The number of rotatable bonds is 8. The van der Waals surface area contributed by atoms with Crippen LogP contribution in [-0.2, 0) is 6.54 Å². The highest BCUT2D eigenvalue weighted by Crippen LogP contribution is 2.15. The van der Waals surface area contributed by atoms with Gasteiger partial charge in [0.2, 0.25) is 0 Å². The molecule has 150 valence electrons. The highest BCUT2D eigenvalue weighted by molar-refractivity contribution is 5.96. The molecule has 0 aromatic heterocycles. The summed E-state index contributed by atoms with van der Waals surface area (Å²) in [5.74, 6) is 1.24. The standard InChI is InChI=1S/C21H28N4O3/c1-4-22-21(25(2)15-16-9-11-17(28-3)12-10-16)24-14-13-23-20(27)18-7-5-6-8-19(18)26/h5-12,26H,4,13-15H2,1-3H3,(H,22,24)(H,23,27). The summed E-state index contributed by atoms with van der Waals surface area (Å²) in [6.07, 6.45) is 0. The first-order valence-electron chi connectivity index (χ1n) is 9.23. The summed E-state index contributed by atoms with van der Waals surface area (Å²) in [6.45, 7) is 4.25. The molecule has 1 amide bonds. The highest BCUT2D eigenvalue weighted by atomic mass is 16.5. The molecule has 0 unspecified atom stereocenters. The Morgan fingerprint density at radius 1 is 1.14 bits per heavy atom. The van der Waals surface area contributed by atoms with Gasteiger partial charge < -0.3 is 25.4 Å². The van der Waals surface area contributed by atoms with Crippen LogP contribution in [0.5, 0.6) is 11.5 Å². The molecule has 0 aliphatic rings. The molecular weight excluding hydrogens is 356 g/mol. The zero-order chi connectivity index (χ0) is 20.4. The molecule has 0 heterocycles. The molecule has 0 saturated heterocycles. The minimum atomic E-state index is -0.315. The molecule has 3 N–H and O–H groups in total. The van der Waals surface area contributed by atoms with Crippen molar-refractivity contribution in [2.75, 3.05) is 33.8 Å². The number of aliphatic imine (C=N–C) groups is 1. The van der Waals surface area contributed by atoms with E-state index >= 15 is 0 Å². The fourth-order valence-corrected chi connectivity index (χ4v) is 2.64. The minimum Gasteiger partial charge on any atom is -0.507 e. The van der Waals surface area contributed by atoms with Gasteiger partial charge in [0.15, 0.2) is 5.96 Å². The van der Waals surface area contributed by atoms with Crippen LogP contribution < -0.4 is 15.4 Å². The summed E-state index contributed by atoms with van der Waals surface area (Å²) in [7, 11) is 3.61. The maximum Gasteiger partial charge on any atom is 0.255 e. The third-order valence-corrected chi connectivity index (χ3v) is 4.08. The summed E-state index contributed by atoms with van der Waals surface area (Å²) in [5.41, 5.74) is 1.40. The number of benzene rings is 2. The monoisotopic (exact) mass is 384 g/mol. The van der Waals surface area contributed by atoms with Crippen LogP contribution in [0.1, 0.15) is 22.8 Å². The van der Waals surface area contributed by atoms with Gasteiger partial charge in [-0.2, -0.15) is 0 Å². The van der Waals surface area contributed by atoms with Crippen LogP contribution in [-0.4, -0.2) is 55.7 Å². The molecule has 0 aliphatic carbocycles. The van der Waals surface area contributed by atoms with Gasteiger partial charge in [-0.1, -0.05) is 24.3 Å². The van der Waals surface area contributed by atoms with E-state index in [4.69, 9.17) is 4.74 Å². The number of hydrogen-bond acceptors (Lipinski definition) is 4. The van der Waals surface area contributed by atoms with Crippen LogP contribution in [0, 0.1) is 0 Å². The van der Waals surface area contributed by atoms with Crippen molar-refractivity contribution in [1.29, 1.82) is 0 Å². The van der Waals surface area contributed by atoms with Gasteiger partial charge in [-0.25, -0.2) is 0 Å². The fourth-order valence-electron chi connectivity index (χ4n) is 2.64. The number of para-hydroxylation sites is 1. The number of nitrogens with one attached hydrogen (secondary N) is 2. The lowest BCUT2D eigenvalue weighted by Gasteiger charge is -2.22. The van der Waals surface area contributed by atoms with Crippen molar-refractivity contribution in [2.45, 2.75) is 13.5 Å². The van der Waals surface area contributed by atoms with E-state index in [2.05, 4.69) is 15.6 Å². The Morgan fingerprint density at radius 2 is 1.86 bits per heavy atom. The minimum absolute atomic E-state index is 0.0314. The van der Waals surface area contributed by atoms with E-state index in [1.807, 2.05) is 43.1 Å². The predicted octanol–water partition coefficient (Wildman–Crippen LogP) is 2.23.